The zero-order chi connectivity index (χ0) is 19.1. The lowest BCUT2D eigenvalue weighted by molar-refractivity contribution is 0.245. The van der Waals surface area contributed by atoms with Crippen LogP contribution in [0, 0.1) is 0 Å². The Balaban J connectivity index is 1.51. The Morgan fingerprint density at radius 1 is 1.14 bits per heavy atom. The summed E-state index contributed by atoms with van der Waals surface area (Å²) < 4.78 is 1.88. The van der Waals surface area contributed by atoms with Crippen LogP contribution in [-0.4, -0.2) is 37.7 Å². The topological polar surface area (TPSA) is 94.0 Å². The molecule has 4 heterocycles. The minimum absolute atomic E-state index is 0.456. The van der Waals surface area contributed by atoms with Gasteiger partial charge in [0, 0.05) is 41.1 Å². The molecule has 1 saturated carbocycles. The van der Waals surface area contributed by atoms with Gasteiger partial charge in [-0.15, -0.1) is 0 Å². The van der Waals surface area contributed by atoms with Crippen molar-refractivity contribution in [1.82, 2.24) is 29.9 Å². The molecule has 28 heavy (non-hydrogen) atoms. The number of nitrogens with two attached hydrogens (primary N) is 1. The van der Waals surface area contributed by atoms with E-state index in [1.165, 1.54) is 0 Å². The van der Waals surface area contributed by atoms with Gasteiger partial charge >= 0.3 is 0 Å². The van der Waals surface area contributed by atoms with Crippen LogP contribution < -0.4 is 11.1 Å². The molecule has 0 saturated heterocycles. The van der Waals surface area contributed by atoms with Crippen molar-refractivity contribution in [2.24, 2.45) is 5.73 Å². The molecular formula is C21H23N7. The molecule has 4 aromatic rings. The maximum absolute atomic E-state index is 6.69. The van der Waals surface area contributed by atoms with Crippen LogP contribution in [0.5, 0.6) is 0 Å². The Bertz CT molecular complexity index is 1140. The first-order valence-electron chi connectivity index (χ1n) is 9.68. The third-order valence-electron chi connectivity index (χ3n) is 5.91. The van der Waals surface area contributed by atoms with Crippen molar-refractivity contribution in [1.29, 1.82) is 0 Å². The number of fused-ring (bicyclic) bond motifs is 2. The van der Waals surface area contributed by atoms with E-state index in [1.807, 2.05) is 48.4 Å². The Kier molecular flexibility index (Phi) is 4.07. The molecule has 0 bridgehead atoms. The molecule has 3 N–H and O–H groups in total. The van der Waals surface area contributed by atoms with Gasteiger partial charge in [-0.25, -0.2) is 19.5 Å². The SMILES string of the molecule is CNC1CCC(N)(c2ncc3c(-c4cnc5ncccc5c4)ccn3n2)CC1. The number of nitrogens with one attached hydrogen (secondary N) is 1. The van der Waals surface area contributed by atoms with Gasteiger partial charge in [0.1, 0.15) is 0 Å². The van der Waals surface area contributed by atoms with E-state index in [4.69, 9.17) is 10.8 Å². The van der Waals surface area contributed by atoms with Gasteiger partial charge in [-0.3, -0.25) is 0 Å². The molecule has 1 aliphatic rings. The highest BCUT2D eigenvalue weighted by Crippen LogP contribution is 2.34. The smallest absolute Gasteiger partial charge is 0.169 e. The zero-order valence-electron chi connectivity index (χ0n) is 15.8. The van der Waals surface area contributed by atoms with Crippen LogP contribution in [-0.2, 0) is 5.54 Å². The van der Waals surface area contributed by atoms with Gasteiger partial charge in [-0.2, -0.15) is 5.10 Å². The standard InChI is InChI=1S/C21H23N7/c1-23-16-4-7-21(22,8-5-16)20-26-13-18-17(6-10-28(18)27-20)15-11-14-3-2-9-24-19(14)25-12-15/h2-3,6,9-13,16,23H,4-5,7-8,22H2,1H3. The van der Waals surface area contributed by atoms with Crippen molar-refractivity contribution in [3.8, 4) is 11.1 Å². The fraction of sp³-hybridized carbons (Fsp3) is 0.333. The second-order valence-corrected chi connectivity index (χ2v) is 7.63. The lowest BCUT2D eigenvalue weighted by Crippen LogP contribution is -2.45. The molecule has 0 unspecified atom stereocenters. The van der Waals surface area contributed by atoms with Crippen molar-refractivity contribution in [2.45, 2.75) is 37.3 Å². The van der Waals surface area contributed by atoms with Gasteiger partial charge < -0.3 is 11.1 Å². The summed E-state index contributed by atoms with van der Waals surface area (Å²) in [6.07, 6.45) is 11.3. The summed E-state index contributed by atoms with van der Waals surface area (Å²) in [4.78, 5) is 13.4. The minimum Gasteiger partial charge on any atom is -0.319 e. The van der Waals surface area contributed by atoms with E-state index in [9.17, 15) is 0 Å². The third-order valence-corrected chi connectivity index (χ3v) is 5.91. The highest BCUT2D eigenvalue weighted by Gasteiger charge is 2.35. The molecule has 7 nitrogen and oxygen atoms in total. The van der Waals surface area contributed by atoms with E-state index in [0.29, 0.717) is 6.04 Å². The predicted molar refractivity (Wildman–Crippen MR) is 109 cm³/mol. The van der Waals surface area contributed by atoms with E-state index in [-0.39, 0.29) is 0 Å². The van der Waals surface area contributed by atoms with E-state index in [1.54, 1.807) is 6.20 Å². The number of rotatable bonds is 3. The predicted octanol–water partition coefficient (Wildman–Crippen LogP) is 2.66. The van der Waals surface area contributed by atoms with Crippen molar-refractivity contribution in [2.75, 3.05) is 7.05 Å². The minimum atomic E-state index is -0.456. The Morgan fingerprint density at radius 3 is 2.82 bits per heavy atom. The molecule has 0 amide bonds. The summed E-state index contributed by atoms with van der Waals surface area (Å²) in [5.74, 6) is 0.720. The maximum atomic E-state index is 6.69. The zero-order valence-corrected chi connectivity index (χ0v) is 15.8. The van der Waals surface area contributed by atoms with Gasteiger partial charge in [0.15, 0.2) is 11.5 Å². The van der Waals surface area contributed by atoms with Gasteiger partial charge in [0.2, 0.25) is 0 Å². The highest BCUT2D eigenvalue weighted by atomic mass is 15.3. The molecule has 0 atom stereocenters. The fourth-order valence-electron chi connectivity index (χ4n) is 4.13. The number of nitrogens with zero attached hydrogens (tertiary/aromatic N) is 5. The monoisotopic (exact) mass is 373 g/mol. The summed E-state index contributed by atoms with van der Waals surface area (Å²) in [5.41, 5.74) is 10.00. The average Bonchev–Trinajstić information content (AvgIpc) is 3.17. The summed E-state index contributed by atoms with van der Waals surface area (Å²) in [6.45, 7) is 0. The van der Waals surface area contributed by atoms with Crippen molar-refractivity contribution >= 4 is 16.6 Å². The normalized spacial score (nSPS) is 22.7. The second kappa shape index (κ2) is 6.61. The first-order chi connectivity index (χ1) is 13.7. The van der Waals surface area contributed by atoms with Gasteiger partial charge in [0.05, 0.1) is 17.3 Å². The van der Waals surface area contributed by atoms with Gasteiger partial charge in [0.25, 0.3) is 0 Å². The van der Waals surface area contributed by atoms with E-state index >= 15 is 0 Å². The lowest BCUT2D eigenvalue weighted by atomic mass is 9.79. The number of aromatic nitrogens is 5. The maximum Gasteiger partial charge on any atom is 0.169 e. The van der Waals surface area contributed by atoms with Crippen LogP contribution in [0.4, 0.5) is 0 Å². The van der Waals surface area contributed by atoms with Crippen LogP contribution in [0.25, 0.3) is 27.7 Å². The summed E-state index contributed by atoms with van der Waals surface area (Å²) in [5, 5.41) is 9.12. The van der Waals surface area contributed by atoms with Crippen molar-refractivity contribution < 1.29 is 0 Å². The van der Waals surface area contributed by atoms with Crippen molar-refractivity contribution in [3.05, 3.63) is 54.9 Å². The molecule has 0 spiro atoms. The lowest BCUT2D eigenvalue weighted by Gasteiger charge is -2.35. The molecule has 7 heteroatoms. The molecule has 0 radical (unpaired) electrons. The molecule has 142 valence electrons. The molecule has 5 rings (SSSR count). The Morgan fingerprint density at radius 2 is 2.00 bits per heavy atom. The first-order valence-corrected chi connectivity index (χ1v) is 9.68. The van der Waals surface area contributed by atoms with E-state index in [2.05, 4.69) is 26.3 Å². The molecule has 1 aliphatic carbocycles. The Labute approximate surface area is 163 Å². The number of hydrogen-bond donors (Lipinski definition) is 2. The summed E-state index contributed by atoms with van der Waals surface area (Å²) in [6, 6.07) is 8.62. The molecular weight excluding hydrogens is 350 g/mol. The largest absolute Gasteiger partial charge is 0.319 e. The van der Waals surface area contributed by atoms with Crippen LogP contribution in [0.2, 0.25) is 0 Å². The molecule has 0 aromatic carbocycles. The fourth-order valence-corrected chi connectivity index (χ4v) is 4.13. The van der Waals surface area contributed by atoms with Crippen LogP contribution >= 0.6 is 0 Å². The van der Waals surface area contributed by atoms with Crippen LogP contribution in [0.1, 0.15) is 31.5 Å². The van der Waals surface area contributed by atoms with Crippen molar-refractivity contribution in [3.63, 3.8) is 0 Å². The number of pyridine rings is 2. The van der Waals surface area contributed by atoms with Gasteiger partial charge in [-0.1, -0.05) is 0 Å². The average molecular weight is 373 g/mol. The summed E-state index contributed by atoms with van der Waals surface area (Å²) in [7, 11) is 2.01. The quantitative estimate of drug-likeness (QED) is 0.573. The molecule has 0 aliphatic heterocycles. The first kappa shape index (κ1) is 17.2. The number of hydrogen-bond acceptors (Lipinski definition) is 6. The highest BCUT2D eigenvalue weighted by molar-refractivity contribution is 5.86. The van der Waals surface area contributed by atoms with Gasteiger partial charge in [-0.05, 0) is 57.0 Å². The van der Waals surface area contributed by atoms with Crippen LogP contribution in [0.15, 0.2) is 49.1 Å². The summed E-state index contributed by atoms with van der Waals surface area (Å²) >= 11 is 0. The van der Waals surface area contributed by atoms with E-state index in [0.717, 1.165) is 59.2 Å². The molecule has 4 aromatic heterocycles. The van der Waals surface area contributed by atoms with E-state index < -0.39 is 5.54 Å². The van der Waals surface area contributed by atoms with Crippen LogP contribution in [0.3, 0.4) is 0 Å². The molecule has 1 fully saturated rings. The second-order valence-electron chi connectivity index (χ2n) is 7.63. The third kappa shape index (κ3) is 2.83. The Hall–Kier alpha value is -2.90.